The molecule has 0 saturated carbocycles. The Morgan fingerprint density at radius 3 is 2.48 bits per heavy atom. The summed E-state index contributed by atoms with van der Waals surface area (Å²) in [5, 5.41) is 5.15. The largest absolute Gasteiger partial charge is 0.453 e. The van der Waals surface area contributed by atoms with Gasteiger partial charge in [0.1, 0.15) is 11.9 Å². The molecule has 8 heteroatoms. The zero-order valence-electron chi connectivity index (χ0n) is 13.4. The molecule has 0 aliphatic heterocycles. The summed E-state index contributed by atoms with van der Waals surface area (Å²) in [6.07, 6.45) is -0.420. The maximum Gasteiger partial charge on any atom is 0.411 e. The molecule has 2 aromatic rings. The fraction of sp³-hybridized carbons (Fsp3) is 0.176. The third-order valence-electron chi connectivity index (χ3n) is 3.43. The number of methoxy groups -OCH3 is 1. The van der Waals surface area contributed by atoms with Gasteiger partial charge in [0.15, 0.2) is 0 Å². The fourth-order valence-electron chi connectivity index (χ4n) is 2.15. The normalized spacial score (nSPS) is 11.5. The number of amides is 2. The van der Waals surface area contributed by atoms with Gasteiger partial charge in [-0.3, -0.25) is 10.1 Å². The van der Waals surface area contributed by atoms with Gasteiger partial charge >= 0.3 is 6.09 Å². The molecule has 0 spiro atoms. The number of rotatable bonds is 6. The third-order valence-corrected chi connectivity index (χ3v) is 3.96. The highest BCUT2D eigenvalue weighted by Gasteiger charge is 2.17. The zero-order valence-corrected chi connectivity index (χ0v) is 15.0. The van der Waals surface area contributed by atoms with E-state index in [0.29, 0.717) is 12.1 Å². The van der Waals surface area contributed by atoms with Crippen molar-refractivity contribution in [3.8, 4) is 0 Å². The molecule has 0 fully saturated rings. The minimum atomic E-state index is -0.773. The van der Waals surface area contributed by atoms with E-state index in [4.69, 9.17) is 5.73 Å². The lowest BCUT2D eigenvalue weighted by Crippen LogP contribution is -2.37. The Bertz CT molecular complexity index is 768. The first-order chi connectivity index (χ1) is 11.9. The minimum Gasteiger partial charge on any atom is -0.453 e. The molecule has 25 heavy (non-hydrogen) atoms. The van der Waals surface area contributed by atoms with Crippen LogP contribution in [0.2, 0.25) is 0 Å². The van der Waals surface area contributed by atoms with Crippen LogP contribution in [0, 0.1) is 5.82 Å². The Kier molecular flexibility index (Phi) is 6.35. The monoisotopic (exact) mass is 409 g/mol. The van der Waals surface area contributed by atoms with Crippen molar-refractivity contribution in [3.05, 3.63) is 58.3 Å². The van der Waals surface area contributed by atoms with Crippen molar-refractivity contribution in [1.82, 2.24) is 0 Å². The number of hydrogen-bond acceptors (Lipinski definition) is 4. The van der Waals surface area contributed by atoms with Crippen molar-refractivity contribution in [3.63, 3.8) is 0 Å². The Labute approximate surface area is 152 Å². The van der Waals surface area contributed by atoms with Crippen molar-refractivity contribution in [1.29, 1.82) is 0 Å². The van der Waals surface area contributed by atoms with E-state index in [0.717, 1.165) is 10.0 Å². The molecule has 2 aromatic carbocycles. The first kappa shape index (κ1) is 18.7. The van der Waals surface area contributed by atoms with Crippen LogP contribution in [0.4, 0.5) is 20.6 Å². The summed E-state index contributed by atoms with van der Waals surface area (Å²) in [6, 6.07) is 10.8. The van der Waals surface area contributed by atoms with E-state index < -0.39 is 23.9 Å². The van der Waals surface area contributed by atoms with E-state index >= 15 is 0 Å². The summed E-state index contributed by atoms with van der Waals surface area (Å²) < 4.78 is 19.4. The van der Waals surface area contributed by atoms with Crippen molar-refractivity contribution >= 4 is 39.3 Å². The second-order valence-corrected chi connectivity index (χ2v) is 6.16. The SMILES string of the molecule is COC(=O)Nc1ccc(N[C@@H](Cc2ccc(Br)cc2)C(N)=O)cc1F. The number of benzene rings is 2. The predicted molar refractivity (Wildman–Crippen MR) is 96.9 cm³/mol. The van der Waals surface area contributed by atoms with Gasteiger partial charge in [0.2, 0.25) is 5.91 Å². The molecule has 0 radical (unpaired) electrons. The lowest BCUT2D eigenvalue weighted by molar-refractivity contribution is -0.118. The molecule has 6 nitrogen and oxygen atoms in total. The molecular weight excluding hydrogens is 393 g/mol. The van der Waals surface area contributed by atoms with Crippen LogP contribution in [0.15, 0.2) is 46.9 Å². The highest BCUT2D eigenvalue weighted by Crippen LogP contribution is 2.21. The topological polar surface area (TPSA) is 93.4 Å². The molecule has 0 saturated heterocycles. The minimum absolute atomic E-state index is 0.0269. The van der Waals surface area contributed by atoms with E-state index in [-0.39, 0.29) is 5.69 Å². The molecule has 1 atom stereocenters. The number of hydrogen-bond donors (Lipinski definition) is 3. The number of carbonyl (C=O) groups is 2. The van der Waals surface area contributed by atoms with Gasteiger partial charge in [-0.1, -0.05) is 28.1 Å². The van der Waals surface area contributed by atoms with Gasteiger partial charge in [-0.05, 0) is 35.9 Å². The highest BCUT2D eigenvalue weighted by atomic mass is 79.9. The molecule has 0 aromatic heterocycles. The van der Waals surface area contributed by atoms with Gasteiger partial charge in [-0.25, -0.2) is 9.18 Å². The maximum absolute atomic E-state index is 14.0. The first-order valence-corrected chi connectivity index (χ1v) is 8.13. The second kappa shape index (κ2) is 8.48. The molecule has 0 unspecified atom stereocenters. The van der Waals surface area contributed by atoms with Crippen molar-refractivity contribution in [2.45, 2.75) is 12.5 Å². The Morgan fingerprint density at radius 1 is 1.24 bits per heavy atom. The molecule has 4 N–H and O–H groups in total. The fourth-order valence-corrected chi connectivity index (χ4v) is 2.41. The maximum atomic E-state index is 14.0. The molecule has 2 amide bonds. The van der Waals surface area contributed by atoms with E-state index in [9.17, 15) is 14.0 Å². The van der Waals surface area contributed by atoms with Crippen LogP contribution in [0.3, 0.4) is 0 Å². The zero-order chi connectivity index (χ0) is 18.4. The number of primary amides is 1. The van der Waals surface area contributed by atoms with Gasteiger partial charge in [0, 0.05) is 16.6 Å². The molecular formula is C17H17BrFN3O3. The molecule has 0 heterocycles. The summed E-state index contributed by atoms with van der Waals surface area (Å²) in [7, 11) is 1.18. The summed E-state index contributed by atoms with van der Waals surface area (Å²) in [4.78, 5) is 22.8. The Hall–Kier alpha value is -2.61. The van der Waals surface area contributed by atoms with Gasteiger partial charge in [0.05, 0.1) is 12.8 Å². The van der Waals surface area contributed by atoms with Crippen LogP contribution in [0.5, 0.6) is 0 Å². The first-order valence-electron chi connectivity index (χ1n) is 7.34. The van der Waals surface area contributed by atoms with Crippen LogP contribution in [0.1, 0.15) is 5.56 Å². The summed E-state index contributed by atoms with van der Waals surface area (Å²) in [5.74, 6) is -1.22. The van der Waals surface area contributed by atoms with E-state index in [1.807, 2.05) is 24.3 Å². The van der Waals surface area contributed by atoms with Crippen molar-refractivity contribution in [2.75, 3.05) is 17.7 Å². The van der Waals surface area contributed by atoms with Crippen molar-refractivity contribution in [2.24, 2.45) is 5.73 Å². The van der Waals surface area contributed by atoms with E-state index in [1.54, 1.807) is 0 Å². The smallest absolute Gasteiger partial charge is 0.411 e. The lowest BCUT2D eigenvalue weighted by Gasteiger charge is -2.17. The van der Waals surface area contributed by atoms with Crippen LogP contribution in [-0.4, -0.2) is 25.2 Å². The van der Waals surface area contributed by atoms with E-state index in [1.165, 1.54) is 25.3 Å². The van der Waals surface area contributed by atoms with E-state index in [2.05, 4.69) is 31.3 Å². The number of nitrogens with one attached hydrogen (secondary N) is 2. The Balaban J connectivity index is 2.11. The van der Waals surface area contributed by atoms with Gasteiger partial charge in [-0.15, -0.1) is 0 Å². The van der Waals surface area contributed by atoms with Crippen LogP contribution >= 0.6 is 15.9 Å². The average Bonchev–Trinajstić information content (AvgIpc) is 2.58. The lowest BCUT2D eigenvalue weighted by atomic mass is 10.1. The van der Waals surface area contributed by atoms with Crippen LogP contribution in [0.25, 0.3) is 0 Å². The second-order valence-electron chi connectivity index (χ2n) is 5.24. The van der Waals surface area contributed by atoms with Crippen LogP contribution in [-0.2, 0) is 16.0 Å². The number of anilines is 2. The van der Waals surface area contributed by atoms with Gasteiger partial charge in [-0.2, -0.15) is 0 Å². The Morgan fingerprint density at radius 2 is 1.92 bits per heavy atom. The number of halogens is 2. The quantitative estimate of drug-likeness (QED) is 0.682. The van der Waals surface area contributed by atoms with Gasteiger partial charge in [0.25, 0.3) is 0 Å². The van der Waals surface area contributed by atoms with Gasteiger partial charge < -0.3 is 15.8 Å². The summed E-state index contributed by atoms with van der Waals surface area (Å²) in [5.41, 5.74) is 6.68. The highest BCUT2D eigenvalue weighted by molar-refractivity contribution is 9.10. The molecule has 0 bridgehead atoms. The number of carbonyl (C=O) groups excluding carboxylic acids is 2. The predicted octanol–water partition coefficient (Wildman–Crippen LogP) is 3.28. The molecule has 132 valence electrons. The summed E-state index contributed by atoms with van der Waals surface area (Å²) in [6.45, 7) is 0. The van der Waals surface area contributed by atoms with Crippen LogP contribution < -0.4 is 16.4 Å². The third kappa shape index (κ3) is 5.46. The summed E-state index contributed by atoms with van der Waals surface area (Å²) >= 11 is 3.34. The molecule has 2 rings (SSSR count). The molecule has 0 aliphatic carbocycles. The number of nitrogens with two attached hydrogens (primary N) is 1. The standard InChI is InChI=1S/C17H17BrFN3O3/c1-25-17(24)22-14-7-6-12(9-13(14)19)21-15(16(20)23)8-10-2-4-11(18)5-3-10/h2-7,9,15,21H,8H2,1H3,(H2,20,23)(H,22,24)/t15-/m0/s1. The number of ether oxygens (including phenoxy) is 1. The average molecular weight is 410 g/mol. The van der Waals surface area contributed by atoms with Crippen molar-refractivity contribution < 1.29 is 18.7 Å². The molecule has 0 aliphatic rings.